The maximum atomic E-state index is 13.9. The molecule has 10 heteroatoms. The van der Waals surface area contributed by atoms with Crippen LogP contribution in [0.1, 0.15) is 0 Å². The quantitative estimate of drug-likeness (QED) is 0.483. The summed E-state index contributed by atoms with van der Waals surface area (Å²) in [7, 11) is 3.16. The van der Waals surface area contributed by atoms with Crippen LogP contribution in [0, 0.1) is 5.82 Å². The number of carbonyl (C=O) groups is 1. The third-order valence-corrected chi connectivity index (χ3v) is 4.52. The summed E-state index contributed by atoms with van der Waals surface area (Å²) >= 11 is 1.14. The second kappa shape index (κ2) is 10.1. The third-order valence-electron chi connectivity index (χ3n) is 3.59. The lowest BCUT2D eigenvalue weighted by Gasteiger charge is -2.21. The van der Waals surface area contributed by atoms with E-state index in [0.29, 0.717) is 31.5 Å². The van der Waals surface area contributed by atoms with Gasteiger partial charge in [-0.05, 0) is 12.1 Å². The average Bonchev–Trinajstić information content (AvgIpc) is 3.00. The standard InChI is InChI=1S/C16H22FN5O3S/c1-24-9-7-21(8-10-25-2)14(23)11-26-16-20-19-15(22(16)18)12-5-3-4-6-13(12)17/h3-6H,7-11,18H2,1-2H3. The van der Waals surface area contributed by atoms with E-state index in [0.717, 1.165) is 11.8 Å². The zero-order chi connectivity index (χ0) is 18.9. The van der Waals surface area contributed by atoms with Crippen LogP contribution in [0.5, 0.6) is 0 Å². The molecule has 2 N–H and O–H groups in total. The first kappa shape index (κ1) is 20.1. The van der Waals surface area contributed by atoms with Crippen LogP contribution >= 0.6 is 11.8 Å². The number of nitrogens with zero attached hydrogens (tertiary/aromatic N) is 4. The number of benzene rings is 1. The molecule has 1 aromatic carbocycles. The lowest BCUT2D eigenvalue weighted by atomic mass is 10.2. The SMILES string of the molecule is COCCN(CCOC)C(=O)CSc1nnc(-c2ccccc2F)n1N. The Balaban J connectivity index is 2.02. The van der Waals surface area contributed by atoms with Crippen molar-refractivity contribution in [3.63, 3.8) is 0 Å². The highest BCUT2D eigenvalue weighted by Crippen LogP contribution is 2.23. The van der Waals surface area contributed by atoms with Gasteiger partial charge in [-0.2, -0.15) is 0 Å². The number of thioether (sulfide) groups is 1. The van der Waals surface area contributed by atoms with Crippen LogP contribution in [0.25, 0.3) is 11.4 Å². The molecule has 26 heavy (non-hydrogen) atoms. The van der Waals surface area contributed by atoms with Crippen molar-refractivity contribution in [2.75, 3.05) is 52.1 Å². The minimum atomic E-state index is -0.440. The molecule has 0 radical (unpaired) electrons. The fraction of sp³-hybridized carbons (Fsp3) is 0.438. The Bertz CT molecular complexity index is 720. The molecule has 0 aliphatic carbocycles. The summed E-state index contributed by atoms with van der Waals surface area (Å²) in [4.78, 5) is 14.1. The number of hydrogen-bond acceptors (Lipinski definition) is 7. The lowest BCUT2D eigenvalue weighted by molar-refractivity contribution is -0.129. The van der Waals surface area contributed by atoms with Gasteiger partial charge in [-0.3, -0.25) is 4.79 Å². The highest BCUT2D eigenvalue weighted by molar-refractivity contribution is 7.99. The van der Waals surface area contributed by atoms with Crippen molar-refractivity contribution < 1.29 is 18.7 Å². The number of rotatable bonds is 10. The second-order valence-corrected chi connectivity index (χ2v) is 6.25. The number of methoxy groups -OCH3 is 2. The maximum absolute atomic E-state index is 13.9. The van der Waals surface area contributed by atoms with Gasteiger partial charge in [0.15, 0.2) is 5.82 Å². The molecule has 0 bridgehead atoms. The molecule has 0 fully saturated rings. The van der Waals surface area contributed by atoms with Gasteiger partial charge in [-0.25, -0.2) is 9.07 Å². The predicted molar refractivity (Wildman–Crippen MR) is 96.6 cm³/mol. The van der Waals surface area contributed by atoms with Crippen molar-refractivity contribution in [1.82, 2.24) is 19.8 Å². The summed E-state index contributed by atoms with van der Waals surface area (Å²) in [6.45, 7) is 1.80. The number of aromatic nitrogens is 3. The second-order valence-electron chi connectivity index (χ2n) is 5.31. The number of halogens is 1. The van der Waals surface area contributed by atoms with E-state index in [2.05, 4.69) is 10.2 Å². The largest absolute Gasteiger partial charge is 0.383 e. The number of hydrogen-bond donors (Lipinski definition) is 1. The van der Waals surface area contributed by atoms with Crippen molar-refractivity contribution >= 4 is 17.7 Å². The summed E-state index contributed by atoms with van der Waals surface area (Å²) in [6, 6.07) is 6.16. The molecule has 0 unspecified atom stereocenters. The molecular weight excluding hydrogens is 361 g/mol. The first-order valence-electron chi connectivity index (χ1n) is 7.92. The van der Waals surface area contributed by atoms with E-state index in [1.165, 1.54) is 10.7 Å². The Kier molecular flexibility index (Phi) is 7.82. The molecule has 2 aromatic rings. The van der Waals surface area contributed by atoms with Gasteiger partial charge in [-0.15, -0.1) is 10.2 Å². The van der Waals surface area contributed by atoms with Crippen molar-refractivity contribution in [3.05, 3.63) is 30.1 Å². The number of carbonyl (C=O) groups excluding carboxylic acids is 1. The predicted octanol–water partition coefficient (Wildman–Crippen LogP) is 1.01. The minimum Gasteiger partial charge on any atom is -0.383 e. The van der Waals surface area contributed by atoms with Gasteiger partial charge < -0.3 is 20.2 Å². The molecule has 142 valence electrons. The van der Waals surface area contributed by atoms with E-state index in [1.807, 2.05) is 0 Å². The van der Waals surface area contributed by atoms with Crippen LogP contribution in [0.2, 0.25) is 0 Å². The van der Waals surface area contributed by atoms with Crippen molar-refractivity contribution in [1.29, 1.82) is 0 Å². The van der Waals surface area contributed by atoms with Crippen LogP contribution in [0.3, 0.4) is 0 Å². The summed E-state index contributed by atoms with van der Waals surface area (Å²) in [6.07, 6.45) is 0. The molecule has 0 spiro atoms. The van der Waals surface area contributed by atoms with E-state index in [4.69, 9.17) is 15.3 Å². The van der Waals surface area contributed by atoms with Gasteiger partial charge in [-0.1, -0.05) is 23.9 Å². The zero-order valence-electron chi connectivity index (χ0n) is 14.7. The minimum absolute atomic E-state index is 0.0976. The van der Waals surface area contributed by atoms with E-state index >= 15 is 0 Å². The lowest BCUT2D eigenvalue weighted by Crippen LogP contribution is -2.37. The smallest absolute Gasteiger partial charge is 0.233 e. The Labute approximate surface area is 155 Å². The Morgan fingerprint density at radius 3 is 2.50 bits per heavy atom. The number of nitrogens with two attached hydrogens (primary N) is 1. The van der Waals surface area contributed by atoms with Gasteiger partial charge in [0.25, 0.3) is 0 Å². The zero-order valence-corrected chi connectivity index (χ0v) is 15.5. The van der Waals surface area contributed by atoms with Crippen LogP contribution in [-0.4, -0.2) is 72.0 Å². The first-order chi connectivity index (χ1) is 12.6. The molecule has 0 saturated heterocycles. The molecule has 1 aromatic heterocycles. The number of ether oxygens (including phenoxy) is 2. The van der Waals surface area contributed by atoms with Crippen LogP contribution in [-0.2, 0) is 14.3 Å². The fourth-order valence-electron chi connectivity index (χ4n) is 2.18. The molecule has 0 atom stereocenters. The highest BCUT2D eigenvalue weighted by Gasteiger charge is 2.18. The van der Waals surface area contributed by atoms with Crippen LogP contribution in [0.15, 0.2) is 29.4 Å². The van der Waals surface area contributed by atoms with E-state index < -0.39 is 5.82 Å². The molecule has 0 saturated carbocycles. The van der Waals surface area contributed by atoms with Crippen molar-refractivity contribution in [2.45, 2.75) is 5.16 Å². The molecule has 2 rings (SSSR count). The van der Waals surface area contributed by atoms with Crippen LogP contribution in [0.4, 0.5) is 4.39 Å². The molecular formula is C16H22FN5O3S. The normalized spacial score (nSPS) is 10.9. The van der Waals surface area contributed by atoms with Gasteiger partial charge in [0.2, 0.25) is 11.1 Å². The molecule has 1 heterocycles. The van der Waals surface area contributed by atoms with Gasteiger partial charge in [0, 0.05) is 27.3 Å². The van der Waals surface area contributed by atoms with Gasteiger partial charge >= 0.3 is 0 Å². The number of amides is 1. The summed E-state index contributed by atoms with van der Waals surface area (Å²) < 4.78 is 25.1. The van der Waals surface area contributed by atoms with Gasteiger partial charge in [0.05, 0.1) is 24.5 Å². The summed E-state index contributed by atoms with van der Waals surface area (Å²) in [5.74, 6) is 5.76. The summed E-state index contributed by atoms with van der Waals surface area (Å²) in [5, 5.41) is 8.21. The van der Waals surface area contributed by atoms with E-state index in [1.54, 1.807) is 37.3 Å². The maximum Gasteiger partial charge on any atom is 0.233 e. The monoisotopic (exact) mass is 383 g/mol. The molecule has 0 aliphatic rings. The molecule has 8 nitrogen and oxygen atoms in total. The molecule has 1 amide bonds. The number of nitrogen functional groups attached to an aromatic ring is 1. The Hall–Kier alpha value is -2.17. The average molecular weight is 383 g/mol. The van der Waals surface area contributed by atoms with Crippen molar-refractivity contribution in [2.24, 2.45) is 0 Å². The van der Waals surface area contributed by atoms with E-state index in [9.17, 15) is 9.18 Å². The van der Waals surface area contributed by atoms with Crippen molar-refractivity contribution in [3.8, 4) is 11.4 Å². The Morgan fingerprint density at radius 2 is 1.88 bits per heavy atom. The van der Waals surface area contributed by atoms with Crippen LogP contribution < -0.4 is 5.84 Å². The molecule has 0 aliphatic heterocycles. The fourth-order valence-corrected chi connectivity index (χ4v) is 2.94. The highest BCUT2D eigenvalue weighted by atomic mass is 32.2. The van der Waals surface area contributed by atoms with Gasteiger partial charge in [0.1, 0.15) is 5.82 Å². The topological polar surface area (TPSA) is 95.5 Å². The first-order valence-corrected chi connectivity index (χ1v) is 8.90. The summed E-state index contributed by atoms with van der Waals surface area (Å²) in [5.41, 5.74) is 0.252. The Morgan fingerprint density at radius 1 is 1.23 bits per heavy atom. The third kappa shape index (κ3) is 5.16. The van der Waals surface area contributed by atoms with E-state index in [-0.39, 0.29) is 23.0 Å².